The molecule has 30 heavy (non-hydrogen) atoms. The molecule has 0 fully saturated rings. The highest BCUT2D eigenvalue weighted by atomic mass is 32.2. The fraction of sp³-hybridized carbons (Fsp3) is 0.292. The number of pyridine rings is 1. The van der Waals surface area contributed by atoms with Gasteiger partial charge in [0, 0.05) is 11.1 Å². The molecule has 4 rings (SSSR count). The van der Waals surface area contributed by atoms with Crippen LogP contribution in [0.2, 0.25) is 0 Å². The summed E-state index contributed by atoms with van der Waals surface area (Å²) >= 11 is 1.43. The van der Waals surface area contributed by atoms with Crippen LogP contribution in [0, 0.1) is 6.92 Å². The van der Waals surface area contributed by atoms with Crippen molar-refractivity contribution in [1.29, 1.82) is 0 Å². The molecule has 5 nitrogen and oxygen atoms in total. The molecule has 1 amide bonds. The van der Waals surface area contributed by atoms with Crippen LogP contribution < -0.4 is 5.32 Å². The van der Waals surface area contributed by atoms with Crippen molar-refractivity contribution in [3.63, 3.8) is 0 Å². The van der Waals surface area contributed by atoms with E-state index in [2.05, 4.69) is 54.5 Å². The number of rotatable bonds is 6. The minimum absolute atomic E-state index is 0.0380. The van der Waals surface area contributed by atoms with Crippen molar-refractivity contribution in [3.05, 3.63) is 65.7 Å². The van der Waals surface area contributed by atoms with Gasteiger partial charge in [-0.25, -0.2) is 0 Å². The van der Waals surface area contributed by atoms with Gasteiger partial charge in [-0.2, -0.15) is 0 Å². The standard InChI is InChI=1S/C24H26N4OS/c1-5-15(2)18-10-6-8-12-20(18)25-23(29)17(4)30-24-27-26-22-14-16(3)19-11-7-9-13-21(19)28(22)24/h6-15,17H,5H2,1-4H3,(H,25,29). The zero-order valence-electron chi connectivity index (χ0n) is 17.7. The molecule has 0 bridgehead atoms. The molecule has 0 radical (unpaired) electrons. The summed E-state index contributed by atoms with van der Waals surface area (Å²) in [4.78, 5) is 13.0. The first kappa shape index (κ1) is 20.4. The fourth-order valence-electron chi connectivity index (χ4n) is 3.66. The molecule has 2 heterocycles. The summed E-state index contributed by atoms with van der Waals surface area (Å²) < 4.78 is 2.03. The summed E-state index contributed by atoms with van der Waals surface area (Å²) in [6, 6.07) is 18.3. The molecule has 2 atom stereocenters. The number of para-hydroxylation sites is 2. The largest absolute Gasteiger partial charge is 0.325 e. The minimum atomic E-state index is -0.317. The molecule has 2 aromatic carbocycles. The average Bonchev–Trinajstić information content (AvgIpc) is 3.16. The topological polar surface area (TPSA) is 59.3 Å². The molecule has 0 aliphatic rings. The van der Waals surface area contributed by atoms with Gasteiger partial charge in [0.2, 0.25) is 5.91 Å². The number of hydrogen-bond donors (Lipinski definition) is 1. The van der Waals surface area contributed by atoms with E-state index in [4.69, 9.17) is 0 Å². The third kappa shape index (κ3) is 3.79. The van der Waals surface area contributed by atoms with Crippen molar-refractivity contribution >= 4 is 39.9 Å². The second kappa shape index (κ2) is 8.48. The summed E-state index contributed by atoms with van der Waals surface area (Å²) in [6.45, 7) is 8.32. The molecule has 0 aliphatic heterocycles. The van der Waals surface area contributed by atoms with E-state index >= 15 is 0 Å². The molecule has 0 aliphatic carbocycles. The zero-order chi connectivity index (χ0) is 21.3. The third-order valence-corrected chi connectivity index (χ3v) is 6.63. The summed E-state index contributed by atoms with van der Waals surface area (Å²) in [5, 5.41) is 13.4. The lowest BCUT2D eigenvalue weighted by molar-refractivity contribution is -0.115. The monoisotopic (exact) mass is 418 g/mol. The van der Waals surface area contributed by atoms with Gasteiger partial charge in [0.25, 0.3) is 0 Å². The quantitative estimate of drug-likeness (QED) is 0.401. The zero-order valence-corrected chi connectivity index (χ0v) is 18.5. The number of aryl methyl sites for hydroxylation is 1. The van der Waals surface area contributed by atoms with Crippen molar-refractivity contribution in [2.45, 2.75) is 50.4 Å². The molecule has 2 aromatic heterocycles. The van der Waals surface area contributed by atoms with Gasteiger partial charge in [0.05, 0.1) is 10.8 Å². The van der Waals surface area contributed by atoms with Gasteiger partial charge in [-0.05, 0) is 55.5 Å². The van der Waals surface area contributed by atoms with E-state index < -0.39 is 0 Å². The Hall–Kier alpha value is -2.86. The Morgan fingerprint density at radius 2 is 1.83 bits per heavy atom. The molecule has 2 unspecified atom stereocenters. The highest BCUT2D eigenvalue weighted by molar-refractivity contribution is 8.00. The smallest absolute Gasteiger partial charge is 0.237 e. The Kier molecular flexibility index (Phi) is 5.77. The molecule has 1 N–H and O–H groups in total. The van der Waals surface area contributed by atoms with E-state index in [0.717, 1.165) is 39.4 Å². The molecular formula is C24H26N4OS. The number of aromatic nitrogens is 3. The van der Waals surface area contributed by atoms with Crippen LogP contribution in [0.5, 0.6) is 0 Å². The van der Waals surface area contributed by atoms with E-state index in [1.54, 1.807) is 0 Å². The van der Waals surface area contributed by atoms with Crippen LogP contribution in [0.3, 0.4) is 0 Å². The average molecular weight is 419 g/mol. The lowest BCUT2D eigenvalue weighted by Gasteiger charge is -2.17. The highest BCUT2D eigenvalue weighted by Crippen LogP contribution is 2.30. The lowest BCUT2D eigenvalue weighted by atomic mass is 9.97. The summed E-state index contributed by atoms with van der Waals surface area (Å²) in [6.07, 6.45) is 1.02. The molecular weight excluding hydrogens is 392 g/mol. The Morgan fingerprint density at radius 3 is 2.63 bits per heavy atom. The van der Waals surface area contributed by atoms with Crippen LogP contribution in [0.1, 0.15) is 44.2 Å². The first-order valence-electron chi connectivity index (χ1n) is 10.3. The van der Waals surface area contributed by atoms with Crippen LogP contribution >= 0.6 is 11.8 Å². The van der Waals surface area contributed by atoms with E-state index in [0.29, 0.717) is 5.92 Å². The predicted molar refractivity (Wildman–Crippen MR) is 124 cm³/mol. The first-order valence-corrected chi connectivity index (χ1v) is 11.2. The van der Waals surface area contributed by atoms with E-state index in [9.17, 15) is 4.79 Å². The normalized spacial score (nSPS) is 13.5. The van der Waals surface area contributed by atoms with Crippen LogP contribution in [0.25, 0.3) is 16.6 Å². The van der Waals surface area contributed by atoms with Gasteiger partial charge in [0.15, 0.2) is 10.8 Å². The maximum atomic E-state index is 13.0. The van der Waals surface area contributed by atoms with Crippen LogP contribution in [-0.2, 0) is 4.79 Å². The number of carbonyl (C=O) groups is 1. The van der Waals surface area contributed by atoms with Crippen LogP contribution in [0.4, 0.5) is 5.69 Å². The number of benzene rings is 2. The molecule has 0 saturated heterocycles. The van der Waals surface area contributed by atoms with E-state index in [-0.39, 0.29) is 11.2 Å². The highest BCUT2D eigenvalue weighted by Gasteiger charge is 2.21. The minimum Gasteiger partial charge on any atom is -0.325 e. The van der Waals surface area contributed by atoms with Gasteiger partial charge in [-0.15, -0.1) is 10.2 Å². The van der Waals surface area contributed by atoms with Crippen molar-refractivity contribution in [2.75, 3.05) is 5.32 Å². The number of amides is 1. The Labute approximate surface area is 180 Å². The fourth-order valence-corrected chi connectivity index (χ4v) is 4.52. The Morgan fingerprint density at radius 1 is 1.10 bits per heavy atom. The predicted octanol–water partition coefficient (Wildman–Crippen LogP) is 5.82. The second-order valence-corrected chi connectivity index (χ2v) is 8.97. The Bertz CT molecular complexity index is 1220. The number of carbonyl (C=O) groups excluding carboxylic acids is 1. The number of nitrogens with zero attached hydrogens (tertiary/aromatic N) is 3. The van der Waals surface area contributed by atoms with Gasteiger partial charge in [-0.1, -0.05) is 62.0 Å². The van der Waals surface area contributed by atoms with Gasteiger partial charge < -0.3 is 5.32 Å². The van der Waals surface area contributed by atoms with E-state index in [1.165, 1.54) is 17.3 Å². The van der Waals surface area contributed by atoms with Crippen LogP contribution in [-0.4, -0.2) is 25.8 Å². The molecule has 0 saturated carbocycles. The molecule has 154 valence electrons. The van der Waals surface area contributed by atoms with Gasteiger partial charge >= 0.3 is 0 Å². The molecule has 0 spiro atoms. The molecule has 4 aromatic rings. The number of anilines is 1. The summed E-state index contributed by atoms with van der Waals surface area (Å²) in [5.74, 6) is 0.350. The van der Waals surface area contributed by atoms with Crippen molar-refractivity contribution < 1.29 is 4.79 Å². The molecule has 6 heteroatoms. The van der Waals surface area contributed by atoms with Crippen molar-refractivity contribution in [3.8, 4) is 0 Å². The third-order valence-electron chi connectivity index (χ3n) is 5.59. The van der Waals surface area contributed by atoms with Gasteiger partial charge in [-0.3, -0.25) is 9.20 Å². The van der Waals surface area contributed by atoms with Crippen molar-refractivity contribution in [2.24, 2.45) is 0 Å². The maximum Gasteiger partial charge on any atom is 0.237 e. The van der Waals surface area contributed by atoms with Gasteiger partial charge in [0.1, 0.15) is 0 Å². The summed E-state index contributed by atoms with van der Waals surface area (Å²) in [7, 11) is 0. The number of hydrogen-bond acceptors (Lipinski definition) is 4. The van der Waals surface area contributed by atoms with E-state index in [1.807, 2.05) is 47.7 Å². The van der Waals surface area contributed by atoms with Crippen LogP contribution in [0.15, 0.2) is 59.8 Å². The Balaban J connectivity index is 1.61. The number of thioether (sulfide) groups is 1. The first-order chi connectivity index (χ1) is 14.5. The number of fused-ring (bicyclic) bond motifs is 3. The lowest BCUT2D eigenvalue weighted by Crippen LogP contribution is -2.23. The summed E-state index contributed by atoms with van der Waals surface area (Å²) in [5.41, 5.74) is 5.06. The number of nitrogens with one attached hydrogen (secondary N) is 1. The SMILES string of the molecule is CCC(C)c1ccccc1NC(=O)C(C)Sc1nnc2cc(C)c3ccccc3n12. The second-order valence-electron chi connectivity index (χ2n) is 7.67. The van der Waals surface area contributed by atoms with Crippen molar-refractivity contribution in [1.82, 2.24) is 14.6 Å². The maximum absolute atomic E-state index is 13.0.